The number of halogens is 1. The van der Waals surface area contributed by atoms with Crippen molar-refractivity contribution in [3.8, 4) is 0 Å². The summed E-state index contributed by atoms with van der Waals surface area (Å²) in [6, 6.07) is 11.7. The summed E-state index contributed by atoms with van der Waals surface area (Å²) in [5.41, 5.74) is 1.56. The molecule has 2 aromatic carbocycles. The van der Waals surface area contributed by atoms with Crippen molar-refractivity contribution in [2.24, 2.45) is 0 Å². The van der Waals surface area contributed by atoms with Crippen LogP contribution in [0.15, 0.2) is 47.3 Å². The van der Waals surface area contributed by atoms with E-state index in [0.29, 0.717) is 0 Å². The standard InChI is InChI=1S/C18H17FN4O2/c1-11-6-8-13(9-7-11)12(2)20-16(24)10-23-18(25)17-14(19)4-3-5-15(17)21-22-23/h3-9,12H,10H2,1-2H3,(H,20,24). The number of carbonyl (C=O) groups excluding carboxylic acids is 1. The van der Waals surface area contributed by atoms with Crippen LogP contribution < -0.4 is 10.9 Å². The molecule has 1 amide bonds. The molecule has 3 aromatic rings. The largest absolute Gasteiger partial charge is 0.348 e. The predicted molar refractivity (Wildman–Crippen MR) is 91.5 cm³/mol. The zero-order valence-corrected chi connectivity index (χ0v) is 13.9. The molecule has 1 aromatic heterocycles. The van der Waals surface area contributed by atoms with Gasteiger partial charge in [-0.1, -0.05) is 41.1 Å². The first kappa shape index (κ1) is 16.8. The fraction of sp³-hybridized carbons (Fsp3) is 0.222. The van der Waals surface area contributed by atoms with Gasteiger partial charge in [0.15, 0.2) is 0 Å². The van der Waals surface area contributed by atoms with Crippen LogP contribution in [0.4, 0.5) is 4.39 Å². The van der Waals surface area contributed by atoms with Crippen molar-refractivity contribution < 1.29 is 9.18 Å². The molecular weight excluding hydrogens is 323 g/mol. The summed E-state index contributed by atoms with van der Waals surface area (Å²) in [4.78, 5) is 24.5. The first-order valence-electron chi connectivity index (χ1n) is 7.83. The quantitative estimate of drug-likeness (QED) is 0.789. The monoisotopic (exact) mass is 340 g/mol. The van der Waals surface area contributed by atoms with Gasteiger partial charge < -0.3 is 5.32 Å². The van der Waals surface area contributed by atoms with Crippen LogP contribution in [-0.4, -0.2) is 20.9 Å². The minimum absolute atomic E-state index is 0.162. The molecule has 128 valence electrons. The normalized spacial score (nSPS) is 12.1. The highest BCUT2D eigenvalue weighted by Gasteiger charge is 2.14. The lowest BCUT2D eigenvalue weighted by atomic mass is 10.1. The maximum Gasteiger partial charge on any atom is 0.281 e. The van der Waals surface area contributed by atoms with Crippen LogP contribution in [0.25, 0.3) is 10.9 Å². The third-order valence-electron chi connectivity index (χ3n) is 3.95. The Balaban J connectivity index is 1.78. The van der Waals surface area contributed by atoms with E-state index in [1.54, 1.807) is 0 Å². The van der Waals surface area contributed by atoms with Crippen LogP contribution in [-0.2, 0) is 11.3 Å². The van der Waals surface area contributed by atoms with Crippen LogP contribution in [0.3, 0.4) is 0 Å². The average Bonchev–Trinajstić information content (AvgIpc) is 2.58. The summed E-state index contributed by atoms with van der Waals surface area (Å²) in [7, 11) is 0. The summed E-state index contributed by atoms with van der Waals surface area (Å²) in [6.45, 7) is 3.50. The Hall–Kier alpha value is -3.09. The summed E-state index contributed by atoms with van der Waals surface area (Å²) in [5, 5.41) is 10.1. The molecule has 0 aliphatic heterocycles. The molecule has 7 heteroatoms. The van der Waals surface area contributed by atoms with Crippen LogP contribution in [0.1, 0.15) is 24.1 Å². The molecule has 0 radical (unpaired) electrons. The lowest BCUT2D eigenvalue weighted by Gasteiger charge is -2.14. The second kappa shape index (κ2) is 6.80. The molecule has 1 atom stereocenters. The molecule has 0 saturated heterocycles. The van der Waals surface area contributed by atoms with Gasteiger partial charge in [-0.2, -0.15) is 0 Å². The predicted octanol–water partition coefficient (Wildman–Crippen LogP) is 2.12. The molecule has 0 saturated carbocycles. The van der Waals surface area contributed by atoms with Crippen molar-refractivity contribution in [1.29, 1.82) is 0 Å². The van der Waals surface area contributed by atoms with Gasteiger partial charge in [-0.3, -0.25) is 9.59 Å². The van der Waals surface area contributed by atoms with E-state index in [4.69, 9.17) is 0 Å². The zero-order chi connectivity index (χ0) is 18.0. The van der Waals surface area contributed by atoms with Gasteiger partial charge in [0.1, 0.15) is 23.3 Å². The van der Waals surface area contributed by atoms with Crippen molar-refractivity contribution in [3.63, 3.8) is 0 Å². The summed E-state index contributed by atoms with van der Waals surface area (Å²) >= 11 is 0. The minimum atomic E-state index is -0.681. The first-order chi connectivity index (χ1) is 12.0. The fourth-order valence-corrected chi connectivity index (χ4v) is 2.54. The van der Waals surface area contributed by atoms with E-state index in [2.05, 4.69) is 15.6 Å². The summed E-state index contributed by atoms with van der Waals surface area (Å²) in [5.74, 6) is -1.08. The van der Waals surface area contributed by atoms with E-state index in [-0.39, 0.29) is 23.5 Å². The highest BCUT2D eigenvalue weighted by Crippen LogP contribution is 2.13. The number of nitrogens with one attached hydrogen (secondary N) is 1. The van der Waals surface area contributed by atoms with E-state index >= 15 is 0 Å². The van der Waals surface area contributed by atoms with Gasteiger partial charge >= 0.3 is 0 Å². The lowest BCUT2D eigenvalue weighted by Crippen LogP contribution is -2.35. The van der Waals surface area contributed by atoms with E-state index in [1.165, 1.54) is 18.2 Å². The van der Waals surface area contributed by atoms with Crippen LogP contribution in [0.2, 0.25) is 0 Å². The van der Waals surface area contributed by atoms with E-state index in [1.807, 2.05) is 38.1 Å². The Bertz CT molecular complexity index is 983. The summed E-state index contributed by atoms with van der Waals surface area (Å²) in [6.07, 6.45) is 0. The minimum Gasteiger partial charge on any atom is -0.348 e. The number of amides is 1. The number of benzene rings is 2. The van der Waals surface area contributed by atoms with Gasteiger partial charge in [0.05, 0.1) is 6.04 Å². The fourth-order valence-electron chi connectivity index (χ4n) is 2.54. The number of aromatic nitrogens is 3. The molecule has 1 unspecified atom stereocenters. The van der Waals surface area contributed by atoms with Gasteiger partial charge in [-0.15, -0.1) is 5.10 Å². The maximum atomic E-state index is 13.8. The lowest BCUT2D eigenvalue weighted by molar-refractivity contribution is -0.122. The molecule has 0 spiro atoms. The number of rotatable bonds is 4. The molecule has 0 bridgehead atoms. The second-order valence-electron chi connectivity index (χ2n) is 5.89. The number of hydrogen-bond acceptors (Lipinski definition) is 4. The van der Waals surface area contributed by atoms with Crippen molar-refractivity contribution in [3.05, 3.63) is 69.8 Å². The smallest absolute Gasteiger partial charge is 0.281 e. The first-order valence-corrected chi connectivity index (χ1v) is 7.83. The number of nitrogens with zero attached hydrogens (tertiary/aromatic N) is 3. The third kappa shape index (κ3) is 3.55. The van der Waals surface area contributed by atoms with Crippen LogP contribution in [0, 0.1) is 12.7 Å². The molecular formula is C18H17FN4O2. The Kier molecular flexibility index (Phi) is 4.56. The Morgan fingerprint density at radius 2 is 1.96 bits per heavy atom. The van der Waals surface area contributed by atoms with E-state index in [0.717, 1.165) is 15.8 Å². The zero-order valence-electron chi connectivity index (χ0n) is 13.9. The van der Waals surface area contributed by atoms with Crippen LogP contribution in [0.5, 0.6) is 0 Å². The van der Waals surface area contributed by atoms with Gasteiger partial charge in [-0.25, -0.2) is 9.07 Å². The van der Waals surface area contributed by atoms with E-state index < -0.39 is 17.3 Å². The van der Waals surface area contributed by atoms with Crippen molar-refractivity contribution in [2.45, 2.75) is 26.4 Å². The topological polar surface area (TPSA) is 76.9 Å². The molecule has 1 heterocycles. The van der Waals surface area contributed by atoms with Gasteiger partial charge in [-0.05, 0) is 31.5 Å². The molecule has 0 fully saturated rings. The van der Waals surface area contributed by atoms with Gasteiger partial charge in [0, 0.05) is 0 Å². The van der Waals surface area contributed by atoms with Crippen molar-refractivity contribution >= 4 is 16.8 Å². The van der Waals surface area contributed by atoms with Gasteiger partial charge in [0.25, 0.3) is 5.56 Å². The third-order valence-corrected chi connectivity index (χ3v) is 3.95. The van der Waals surface area contributed by atoms with Crippen molar-refractivity contribution in [2.75, 3.05) is 0 Å². The number of fused-ring (bicyclic) bond motifs is 1. The second-order valence-corrected chi connectivity index (χ2v) is 5.89. The maximum absolute atomic E-state index is 13.8. The molecule has 6 nitrogen and oxygen atoms in total. The van der Waals surface area contributed by atoms with Crippen molar-refractivity contribution in [1.82, 2.24) is 20.3 Å². The number of hydrogen-bond donors (Lipinski definition) is 1. The number of carbonyl (C=O) groups is 1. The van der Waals surface area contributed by atoms with Gasteiger partial charge in [0.2, 0.25) is 5.91 Å². The number of aryl methyl sites for hydroxylation is 1. The highest BCUT2D eigenvalue weighted by molar-refractivity contribution is 5.79. The SMILES string of the molecule is Cc1ccc(C(C)NC(=O)Cn2nnc3cccc(F)c3c2=O)cc1. The molecule has 3 rings (SSSR count). The van der Waals surface area contributed by atoms with Crippen LogP contribution >= 0.6 is 0 Å². The Labute approximate surface area is 143 Å². The summed E-state index contributed by atoms with van der Waals surface area (Å²) < 4.78 is 14.7. The molecule has 0 aliphatic rings. The average molecular weight is 340 g/mol. The van der Waals surface area contributed by atoms with E-state index in [9.17, 15) is 14.0 Å². The highest BCUT2D eigenvalue weighted by atomic mass is 19.1. The Morgan fingerprint density at radius 3 is 2.68 bits per heavy atom. The molecule has 1 N–H and O–H groups in total. The molecule has 25 heavy (non-hydrogen) atoms. The molecule has 0 aliphatic carbocycles. The Morgan fingerprint density at radius 1 is 1.24 bits per heavy atom.